The number of aromatic nitrogens is 4. The maximum Gasteiger partial charge on any atom is 0.338 e. The lowest BCUT2D eigenvalue weighted by Gasteiger charge is -2.04. The largest absolute Gasteiger partial charge is 0.455 e. The summed E-state index contributed by atoms with van der Waals surface area (Å²) in [5.74, 6) is 0.240. The fourth-order valence-corrected chi connectivity index (χ4v) is 2.90. The SMILES string of the molecule is O=C(OCc1cc(-c2cccs2)on1)c1ccc(-n2cncn2)cc1. The third-order valence-corrected chi connectivity index (χ3v) is 4.34. The standard InChI is InChI=1S/C17H12N4O3S/c22-17(12-3-5-14(6-4-12)21-11-18-10-19-21)23-9-13-8-15(24-20-13)16-2-1-7-25-16/h1-8,10-11H,9H2. The predicted octanol–water partition coefficient (Wildman–Crippen LogP) is 3.34. The quantitative estimate of drug-likeness (QED) is 0.512. The first kappa shape index (κ1) is 15.3. The van der Waals surface area contributed by atoms with Crippen LogP contribution in [0.4, 0.5) is 0 Å². The number of carbonyl (C=O) groups excluding carboxylic acids is 1. The lowest BCUT2D eigenvalue weighted by molar-refractivity contribution is 0.0464. The summed E-state index contributed by atoms with van der Waals surface area (Å²) in [7, 11) is 0. The first-order valence-electron chi connectivity index (χ1n) is 7.41. The summed E-state index contributed by atoms with van der Waals surface area (Å²) in [6.07, 6.45) is 3.04. The Labute approximate surface area is 146 Å². The van der Waals surface area contributed by atoms with Gasteiger partial charge in [-0.3, -0.25) is 0 Å². The van der Waals surface area contributed by atoms with Crippen LogP contribution in [0.5, 0.6) is 0 Å². The molecule has 0 saturated heterocycles. The van der Waals surface area contributed by atoms with Gasteiger partial charge in [0.05, 0.1) is 16.1 Å². The Morgan fingerprint density at radius 3 is 2.84 bits per heavy atom. The minimum absolute atomic E-state index is 0.0541. The second kappa shape index (κ2) is 6.70. The van der Waals surface area contributed by atoms with Crippen molar-refractivity contribution in [3.63, 3.8) is 0 Å². The molecule has 0 radical (unpaired) electrons. The van der Waals surface area contributed by atoms with Gasteiger partial charge in [0.2, 0.25) is 0 Å². The summed E-state index contributed by atoms with van der Waals surface area (Å²) < 4.78 is 12.1. The van der Waals surface area contributed by atoms with Crippen LogP contribution in [0.1, 0.15) is 16.1 Å². The second-order valence-electron chi connectivity index (χ2n) is 5.12. The molecule has 3 heterocycles. The minimum Gasteiger partial charge on any atom is -0.455 e. The average Bonchev–Trinajstić information content (AvgIpc) is 3.42. The van der Waals surface area contributed by atoms with Crippen LogP contribution >= 0.6 is 11.3 Å². The van der Waals surface area contributed by atoms with Crippen molar-refractivity contribution in [3.05, 3.63) is 71.8 Å². The third-order valence-electron chi connectivity index (χ3n) is 3.46. The summed E-state index contributed by atoms with van der Waals surface area (Å²) >= 11 is 1.56. The topological polar surface area (TPSA) is 83.0 Å². The summed E-state index contributed by atoms with van der Waals surface area (Å²) in [4.78, 5) is 17.0. The zero-order chi connectivity index (χ0) is 17.1. The van der Waals surface area contributed by atoms with E-state index in [4.69, 9.17) is 9.26 Å². The highest BCUT2D eigenvalue weighted by atomic mass is 32.1. The second-order valence-corrected chi connectivity index (χ2v) is 6.07. The summed E-state index contributed by atoms with van der Waals surface area (Å²) in [5.41, 5.74) is 1.83. The Kier molecular flexibility index (Phi) is 4.09. The number of hydrogen-bond acceptors (Lipinski definition) is 7. The van der Waals surface area contributed by atoms with Gasteiger partial charge in [0, 0.05) is 6.07 Å². The molecule has 0 spiro atoms. The Bertz CT molecular complexity index is 960. The number of ether oxygens (including phenoxy) is 1. The molecule has 4 aromatic rings. The number of esters is 1. The number of nitrogens with zero attached hydrogens (tertiary/aromatic N) is 4. The van der Waals surface area contributed by atoms with Crippen molar-refractivity contribution in [3.8, 4) is 16.3 Å². The monoisotopic (exact) mass is 352 g/mol. The smallest absolute Gasteiger partial charge is 0.338 e. The van der Waals surface area contributed by atoms with Gasteiger partial charge in [-0.05, 0) is 35.7 Å². The fraction of sp³-hybridized carbons (Fsp3) is 0.0588. The molecule has 0 bridgehead atoms. The van der Waals surface area contributed by atoms with E-state index in [9.17, 15) is 4.79 Å². The average molecular weight is 352 g/mol. The molecule has 124 valence electrons. The molecule has 0 unspecified atom stereocenters. The van der Waals surface area contributed by atoms with E-state index < -0.39 is 5.97 Å². The van der Waals surface area contributed by atoms with Gasteiger partial charge in [-0.2, -0.15) is 5.10 Å². The van der Waals surface area contributed by atoms with Crippen molar-refractivity contribution in [1.29, 1.82) is 0 Å². The van der Waals surface area contributed by atoms with Gasteiger partial charge in [0.15, 0.2) is 5.76 Å². The highest BCUT2D eigenvalue weighted by Gasteiger charge is 2.12. The van der Waals surface area contributed by atoms with Gasteiger partial charge >= 0.3 is 5.97 Å². The van der Waals surface area contributed by atoms with Crippen molar-refractivity contribution in [2.75, 3.05) is 0 Å². The van der Waals surface area contributed by atoms with Crippen molar-refractivity contribution < 1.29 is 14.1 Å². The molecule has 3 aromatic heterocycles. The number of benzene rings is 1. The Balaban J connectivity index is 1.39. The van der Waals surface area contributed by atoms with Gasteiger partial charge in [0.1, 0.15) is 25.0 Å². The van der Waals surface area contributed by atoms with E-state index in [0.717, 1.165) is 10.6 Å². The molecule has 0 aliphatic heterocycles. The molecule has 7 nitrogen and oxygen atoms in total. The molecular weight excluding hydrogens is 340 g/mol. The van der Waals surface area contributed by atoms with E-state index in [1.54, 1.807) is 52.7 Å². The van der Waals surface area contributed by atoms with Crippen LogP contribution in [0.3, 0.4) is 0 Å². The Hall–Kier alpha value is -3.26. The molecule has 0 saturated carbocycles. The van der Waals surface area contributed by atoms with E-state index in [1.807, 2.05) is 17.5 Å². The van der Waals surface area contributed by atoms with Gasteiger partial charge in [-0.15, -0.1) is 11.3 Å². The molecule has 1 aromatic carbocycles. The van der Waals surface area contributed by atoms with Crippen molar-refractivity contribution in [1.82, 2.24) is 19.9 Å². The van der Waals surface area contributed by atoms with Crippen LogP contribution in [-0.2, 0) is 11.3 Å². The van der Waals surface area contributed by atoms with Crippen LogP contribution in [0.25, 0.3) is 16.3 Å². The van der Waals surface area contributed by atoms with E-state index in [-0.39, 0.29) is 6.61 Å². The van der Waals surface area contributed by atoms with Crippen LogP contribution in [-0.4, -0.2) is 25.9 Å². The first-order valence-corrected chi connectivity index (χ1v) is 8.29. The van der Waals surface area contributed by atoms with E-state index in [1.165, 1.54) is 6.33 Å². The maximum absolute atomic E-state index is 12.1. The molecular formula is C17H12N4O3S. The van der Waals surface area contributed by atoms with E-state index in [2.05, 4.69) is 15.2 Å². The fourth-order valence-electron chi connectivity index (χ4n) is 2.23. The molecule has 25 heavy (non-hydrogen) atoms. The van der Waals surface area contributed by atoms with Gasteiger partial charge in [-0.1, -0.05) is 11.2 Å². The lowest BCUT2D eigenvalue weighted by Crippen LogP contribution is -2.05. The lowest BCUT2D eigenvalue weighted by atomic mass is 10.2. The Morgan fingerprint density at radius 2 is 2.12 bits per heavy atom. The first-order chi connectivity index (χ1) is 12.3. The van der Waals surface area contributed by atoms with Crippen molar-refractivity contribution >= 4 is 17.3 Å². The van der Waals surface area contributed by atoms with Gasteiger partial charge in [-0.25, -0.2) is 14.5 Å². The Morgan fingerprint density at radius 1 is 1.24 bits per heavy atom. The predicted molar refractivity (Wildman–Crippen MR) is 90.3 cm³/mol. The number of hydrogen-bond donors (Lipinski definition) is 0. The van der Waals surface area contributed by atoms with E-state index >= 15 is 0 Å². The highest BCUT2D eigenvalue weighted by molar-refractivity contribution is 7.13. The molecule has 0 atom stereocenters. The number of carbonyl (C=O) groups is 1. The third kappa shape index (κ3) is 3.33. The van der Waals surface area contributed by atoms with Crippen molar-refractivity contribution in [2.45, 2.75) is 6.61 Å². The summed E-state index contributed by atoms with van der Waals surface area (Å²) in [6, 6.07) is 12.6. The van der Waals surface area contributed by atoms with Crippen LogP contribution in [0, 0.1) is 0 Å². The molecule has 4 rings (SSSR count). The minimum atomic E-state index is -0.425. The molecule has 0 amide bonds. The molecule has 0 aliphatic carbocycles. The zero-order valence-corrected chi connectivity index (χ0v) is 13.7. The van der Waals surface area contributed by atoms with Crippen LogP contribution < -0.4 is 0 Å². The van der Waals surface area contributed by atoms with Crippen LogP contribution in [0.15, 0.2) is 65.0 Å². The van der Waals surface area contributed by atoms with Gasteiger partial charge < -0.3 is 9.26 Å². The number of rotatable bonds is 5. The van der Waals surface area contributed by atoms with E-state index in [0.29, 0.717) is 17.0 Å². The molecule has 0 aliphatic rings. The van der Waals surface area contributed by atoms with Crippen LogP contribution in [0.2, 0.25) is 0 Å². The maximum atomic E-state index is 12.1. The molecule has 0 N–H and O–H groups in total. The molecule has 0 fully saturated rings. The number of thiophene rings is 1. The highest BCUT2D eigenvalue weighted by Crippen LogP contribution is 2.25. The summed E-state index contributed by atoms with van der Waals surface area (Å²) in [6.45, 7) is 0.0541. The normalized spacial score (nSPS) is 10.7. The van der Waals surface area contributed by atoms with Gasteiger partial charge in [0.25, 0.3) is 0 Å². The van der Waals surface area contributed by atoms with Crippen molar-refractivity contribution in [2.24, 2.45) is 0 Å². The summed E-state index contributed by atoms with van der Waals surface area (Å²) in [5, 5.41) is 9.91. The zero-order valence-electron chi connectivity index (χ0n) is 12.9. The molecule has 8 heteroatoms.